The molecule has 0 spiro atoms. The molecule has 0 aromatic heterocycles. The summed E-state index contributed by atoms with van der Waals surface area (Å²) >= 11 is 7.68. The van der Waals surface area contributed by atoms with Crippen LogP contribution in [0, 0.1) is 0 Å². The Morgan fingerprint density at radius 2 is 2.10 bits per heavy atom. The molecule has 2 bridgehead atoms. The molecule has 2 fully saturated rings. The van der Waals surface area contributed by atoms with Gasteiger partial charge in [0.1, 0.15) is 0 Å². The highest BCUT2D eigenvalue weighted by molar-refractivity contribution is 8.00. The first-order valence-corrected chi connectivity index (χ1v) is 8.51. The Hall–Kier alpha value is -0.710. The van der Waals surface area contributed by atoms with Crippen molar-refractivity contribution in [1.82, 2.24) is 10.2 Å². The van der Waals surface area contributed by atoms with Crippen molar-refractivity contribution < 1.29 is 4.79 Å². The smallest absolute Gasteiger partial charge is 0.233 e. The average Bonchev–Trinajstić information content (AvgIpc) is 2.71. The number of carbonyl (C=O) groups excluding carboxylic acids is 1. The molecule has 20 heavy (non-hydrogen) atoms. The van der Waals surface area contributed by atoms with Crippen molar-refractivity contribution in [3.05, 3.63) is 29.3 Å². The van der Waals surface area contributed by atoms with E-state index in [0.717, 1.165) is 42.3 Å². The number of nitrogens with zero attached hydrogens (tertiary/aromatic N) is 1. The first-order valence-electron chi connectivity index (χ1n) is 7.15. The molecule has 108 valence electrons. The fraction of sp³-hybridized carbons (Fsp3) is 0.533. The van der Waals surface area contributed by atoms with Crippen molar-refractivity contribution in [2.45, 2.75) is 36.2 Å². The quantitative estimate of drug-likeness (QED) is 0.871. The summed E-state index contributed by atoms with van der Waals surface area (Å²) in [6.45, 7) is 1.97. The van der Waals surface area contributed by atoms with Gasteiger partial charge in [-0.2, -0.15) is 0 Å². The summed E-state index contributed by atoms with van der Waals surface area (Å²) in [7, 11) is 0. The van der Waals surface area contributed by atoms with Crippen LogP contribution in [0.15, 0.2) is 29.2 Å². The first-order chi connectivity index (χ1) is 9.75. The van der Waals surface area contributed by atoms with Crippen LogP contribution in [0.4, 0.5) is 0 Å². The number of hydrogen-bond acceptors (Lipinski definition) is 3. The minimum Gasteiger partial charge on any atom is -0.335 e. The third-order valence-corrected chi connectivity index (χ3v) is 5.63. The van der Waals surface area contributed by atoms with Crippen LogP contribution in [-0.4, -0.2) is 41.7 Å². The molecule has 2 aliphatic rings. The van der Waals surface area contributed by atoms with Gasteiger partial charge in [-0.1, -0.05) is 23.7 Å². The van der Waals surface area contributed by atoms with Gasteiger partial charge >= 0.3 is 0 Å². The summed E-state index contributed by atoms with van der Waals surface area (Å²) in [5.41, 5.74) is 0. The van der Waals surface area contributed by atoms with Crippen molar-refractivity contribution in [1.29, 1.82) is 0 Å². The van der Waals surface area contributed by atoms with Crippen LogP contribution in [0.1, 0.15) is 19.3 Å². The molecule has 0 saturated carbocycles. The van der Waals surface area contributed by atoms with Crippen LogP contribution >= 0.6 is 23.4 Å². The summed E-state index contributed by atoms with van der Waals surface area (Å²) in [6, 6.07) is 8.54. The lowest BCUT2D eigenvalue weighted by Crippen LogP contribution is -2.43. The molecule has 3 nitrogen and oxygen atoms in total. The van der Waals surface area contributed by atoms with E-state index in [1.54, 1.807) is 11.8 Å². The second kappa shape index (κ2) is 6.37. The summed E-state index contributed by atoms with van der Waals surface area (Å²) in [5, 5.41) is 4.15. The second-order valence-electron chi connectivity index (χ2n) is 5.40. The van der Waals surface area contributed by atoms with E-state index in [-0.39, 0.29) is 5.91 Å². The van der Waals surface area contributed by atoms with Gasteiger partial charge in [0.25, 0.3) is 0 Å². The third-order valence-electron chi connectivity index (χ3n) is 4.13. The van der Waals surface area contributed by atoms with Gasteiger partial charge in [0.05, 0.1) is 10.8 Å². The van der Waals surface area contributed by atoms with E-state index in [2.05, 4.69) is 10.2 Å². The number of benzene rings is 1. The number of hydrogen-bond donors (Lipinski definition) is 1. The highest BCUT2D eigenvalue weighted by Gasteiger charge is 2.37. The molecule has 1 aromatic carbocycles. The molecule has 0 aliphatic carbocycles. The van der Waals surface area contributed by atoms with E-state index in [4.69, 9.17) is 11.6 Å². The maximum atomic E-state index is 12.5. The minimum atomic E-state index is 0.256. The lowest BCUT2D eigenvalue weighted by Gasteiger charge is -2.27. The molecule has 2 aliphatic heterocycles. The summed E-state index contributed by atoms with van der Waals surface area (Å²) in [6.07, 6.45) is 3.38. The standard InChI is InChI=1S/C15H19ClN2OS/c16-13-3-1-2-4-14(13)20-10-15(19)18-11-5-6-12(18)9-17-8-7-11/h1-4,11-12,17H,5-10H2. The van der Waals surface area contributed by atoms with Gasteiger partial charge in [0.15, 0.2) is 0 Å². The van der Waals surface area contributed by atoms with Gasteiger partial charge < -0.3 is 10.2 Å². The zero-order chi connectivity index (χ0) is 13.9. The zero-order valence-electron chi connectivity index (χ0n) is 11.3. The fourth-order valence-electron chi connectivity index (χ4n) is 3.17. The molecule has 3 rings (SSSR count). The second-order valence-corrected chi connectivity index (χ2v) is 6.82. The zero-order valence-corrected chi connectivity index (χ0v) is 12.9. The Balaban J connectivity index is 1.63. The first kappa shape index (κ1) is 14.2. The summed E-state index contributed by atoms with van der Waals surface area (Å²) in [5.74, 6) is 0.739. The normalized spacial score (nSPS) is 25.6. The van der Waals surface area contributed by atoms with E-state index in [9.17, 15) is 4.79 Å². The SMILES string of the molecule is O=C(CSc1ccccc1Cl)N1C2CCNCC1CC2. The molecule has 5 heteroatoms. The van der Waals surface area contributed by atoms with Crippen molar-refractivity contribution in [3.8, 4) is 0 Å². The van der Waals surface area contributed by atoms with Crippen LogP contribution in [0.25, 0.3) is 0 Å². The molecule has 2 unspecified atom stereocenters. The van der Waals surface area contributed by atoms with Crippen LogP contribution in [0.2, 0.25) is 5.02 Å². The van der Waals surface area contributed by atoms with E-state index in [0.29, 0.717) is 17.8 Å². The van der Waals surface area contributed by atoms with E-state index >= 15 is 0 Å². The van der Waals surface area contributed by atoms with Crippen LogP contribution in [0.3, 0.4) is 0 Å². The minimum absolute atomic E-state index is 0.256. The van der Waals surface area contributed by atoms with Crippen molar-refractivity contribution in [2.75, 3.05) is 18.8 Å². The fourth-order valence-corrected chi connectivity index (χ4v) is 4.27. The average molecular weight is 311 g/mol. The topological polar surface area (TPSA) is 32.3 Å². The highest BCUT2D eigenvalue weighted by Crippen LogP contribution is 2.31. The molecule has 1 aromatic rings. The summed E-state index contributed by atoms with van der Waals surface area (Å²) < 4.78 is 0. The third kappa shape index (κ3) is 2.97. The summed E-state index contributed by atoms with van der Waals surface area (Å²) in [4.78, 5) is 15.6. The maximum absolute atomic E-state index is 12.5. The number of rotatable bonds is 3. The van der Waals surface area contributed by atoms with E-state index < -0.39 is 0 Å². The predicted molar refractivity (Wildman–Crippen MR) is 83.3 cm³/mol. The maximum Gasteiger partial charge on any atom is 0.233 e. The number of thioether (sulfide) groups is 1. The number of amides is 1. The van der Waals surface area contributed by atoms with Gasteiger partial charge in [-0.15, -0.1) is 11.8 Å². The number of fused-ring (bicyclic) bond motifs is 2. The Morgan fingerprint density at radius 3 is 2.95 bits per heavy atom. The molecule has 1 N–H and O–H groups in total. The lowest BCUT2D eigenvalue weighted by atomic mass is 10.1. The van der Waals surface area contributed by atoms with E-state index in [1.165, 1.54) is 0 Å². The number of carbonyl (C=O) groups is 1. The van der Waals surface area contributed by atoms with Gasteiger partial charge in [-0.3, -0.25) is 4.79 Å². The van der Waals surface area contributed by atoms with Gasteiger partial charge in [-0.25, -0.2) is 0 Å². The molecular weight excluding hydrogens is 292 g/mol. The molecule has 2 saturated heterocycles. The highest BCUT2D eigenvalue weighted by atomic mass is 35.5. The Morgan fingerprint density at radius 1 is 1.30 bits per heavy atom. The Labute approximate surface area is 129 Å². The predicted octanol–water partition coefficient (Wildman–Crippen LogP) is 2.79. The van der Waals surface area contributed by atoms with Crippen LogP contribution < -0.4 is 5.32 Å². The largest absolute Gasteiger partial charge is 0.335 e. The molecule has 1 amide bonds. The molecule has 2 heterocycles. The monoisotopic (exact) mass is 310 g/mol. The molecule has 2 atom stereocenters. The number of nitrogens with one attached hydrogen (secondary N) is 1. The van der Waals surface area contributed by atoms with Gasteiger partial charge in [0.2, 0.25) is 5.91 Å². The van der Waals surface area contributed by atoms with Gasteiger partial charge in [0, 0.05) is 23.5 Å². The van der Waals surface area contributed by atoms with E-state index in [1.807, 2.05) is 24.3 Å². The van der Waals surface area contributed by atoms with Crippen molar-refractivity contribution >= 4 is 29.3 Å². The Bertz CT molecular complexity index is 483. The number of halogens is 1. The lowest BCUT2D eigenvalue weighted by molar-refractivity contribution is -0.130. The van der Waals surface area contributed by atoms with Crippen molar-refractivity contribution in [2.24, 2.45) is 0 Å². The van der Waals surface area contributed by atoms with Crippen molar-refractivity contribution in [3.63, 3.8) is 0 Å². The van der Waals surface area contributed by atoms with Crippen LogP contribution in [0.5, 0.6) is 0 Å². The van der Waals surface area contributed by atoms with Gasteiger partial charge in [-0.05, 0) is 37.9 Å². The van der Waals surface area contributed by atoms with Crippen LogP contribution in [-0.2, 0) is 4.79 Å². The molecule has 0 radical (unpaired) electrons. The molecular formula is C15H19ClN2OS. The Kier molecular flexibility index (Phi) is 4.54.